The molecule has 138 valence electrons. The molecular weight excluding hydrogens is 463 g/mol. The van der Waals surface area contributed by atoms with Crippen molar-refractivity contribution < 1.29 is 0 Å². The number of thiazole rings is 1. The van der Waals surface area contributed by atoms with Crippen LogP contribution in [0.4, 0.5) is 0 Å². The first kappa shape index (κ1) is 22.2. The minimum absolute atomic E-state index is 0. The second-order valence-electron chi connectivity index (χ2n) is 5.87. The van der Waals surface area contributed by atoms with Crippen LogP contribution in [0.25, 0.3) is 0 Å². The van der Waals surface area contributed by atoms with Gasteiger partial charge in [0.15, 0.2) is 5.96 Å². The minimum atomic E-state index is 0. The first-order chi connectivity index (χ1) is 11.6. The Hall–Kier alpha value is -0.800. The van der Waals surface area contributed by atoms with E-state index in [1.54, 1.807) is 18.4 Å². The average Bonchev–Trinajstić information content (AvgIpc) is 3.05. The van der Waals surface area contributed by atoms with Gasteiger partial charge in [0.1, 0.15) is 5.01 Å². The van der Waals surface area contributed by atoms with Gasteiger partial charge < -0.3 is 10.6 Å². The molecule has 0 aliphatic carbocycles. The first-order valence-electron chi connectivity index (χ1n) is 8.19. The summed E-state index contributed by atoms with van der Waals surface area (Å²) in [4.78, 5) is 10.2. The monoisotopic (exact) mass is 490 g/mol. The van der Waals surface area contributed by atoms with Gasteiger partial charge in [0, 0.05) is 29.1 Å². The SMILES string of the molecule is CN=C(NCc1nc(C(C)C)cs1)NCC(C)Sc1ccccc1.I. The summed E-state index contributed by atoms with van der Waals surface area (Å²) in [5.74, 6) is 1.29. The van der Waals surface area contributed by atoms with Crippen LogP contribution in [0.1, 0.15) is 37.4 Å². The molecule has 0 fully saturated rings. The summed E-state index contributed by atoms with van der Waals surface area (Å²) in [6.07, 6.45) is 0. The number of nitrogens with one attached hydrogen (secondary N) is 2. The van der Waals surface area contributed by atoms with E-state index in [0.29, 0.717) is 17.7 Å². The quantitative estimate of drug-likeness (QED) is 0.255. The fourth-order valence-corrected chi connectivity index (χ4v) is 3.91. The third kappa shape index (κ3) is 7.96. The van der Waals surface area contributed by atoms with Crippen molar-refractivity contribution in [3.05, 3.63) is 46.4 Å². The molecule has 2 aromatic rings. The second-order valence-corrected chi connectivity index (χ2v) is 8.32. The van der Waals surface area contributed by atoms with Crippen molar-refractivity contribution in [3.8, 4) is 0 Å². The van der Waals surface area contributed by atoms with E-state index in [1.165, 1.54) is 4.90 Å². The topological polar surface area (TPSA) is 49.3 Å². The molecule has 0 aliphatic rings. The Balaban J connectivity index is 0.00000312. The number of guanidine groups is 1. The van der Waals surface area contributed by atoms with Crippen LogP contribution in [-0.2, 0) is 6.54 Å². The number of aliphatic imine (C=N–C) groups is 1. The molecule has 0 radical (unpaired) electrons. The van der Waals surface area contributed by atoms with Crippen molar-refractivity contribution in [2.24, 2.45) is 4.99 Å². The summed E-state index contributed by atoms with van der Waals surface area (Å²) >= 11 is 3.56. The third-order valence-electron chi connectivity index (χ3n) is 3.43. The lowest BCUT2D eigenvalue weighted by atomic mass is 10.2. The molecule has 0 bridgehead atoms. The van der Waals surface area contributed by atoms with Gasteiger partial charge in [-0.15, -0.1) is 47.1 Å². The van der Waals surface area contributed by atoms with E-state index < -0.39 is 0 Å². The predicted octanol–water partition coefficient (Wildman–Crippen LogP) is 4.73. The second kappa shape index (κ2) is 11.7. The summed E-state index contributed by atoms with van der Waals surface area (Å²) in [5, 5.41) is 10.4. The zero-order valence-electron chi connectivity index (χ0n) is 15.2. The summed E-state index contributed by atoms with van der Waals surface area (Å²) in [7, 11) is 1.80. The van der Waals surface area contributed by atoms with Gasteiger partial charge in [0.2, 0.25) is 0 Å². The van der Waals surface area contributed by atoms with Crippen molar-refractivity contribution >= 4 is 53.0 Å². The Morgan fingerprint density at radius 2 is 1.92 bits per heavy atom. The molecule has 1 unspecified atom stereocenters. The molecule has 0 saturated carbocycles. The fourth-order valence-electron chi connectivity index (χ4n) is 2.06. The Morgan fingerprint density at radius 3 is 2.52 bits per heavy atom. The lowest BCUT2D eigenvalue weighted by molar-refractivity contribution is 0.776. The van der Waals surface area contributed by atoms with Gasteiger partial charge in [-0.25, -0.2) is 4.98 Å². The molecule has 0 saturated heterocycles. The highest BCUT2D eigenvalue weighted by molar-refractivity contribution is 14.0. The highest BCUT2D eigenvalue weighted by Gasteiger charge is 2.08. The molecule has 4 nitrogen and oxygen atoms in total. The molecule has 2 rings (SSSR count). The molecule has 2 N–H and O–H groups in total. The number of nitrogens with zero attached hydrogens (tertiary/aromatic N) is 2. The maximum atomic E-state index is 4.64. The lowest BCUT2D eigenvalue weighted by Gasteiger charge is -2.15. The molecule has 1 atom stereocenters. The molecule has 7 heteroatoms. The van der Waals surface area contributed by atoms with Gasteiger partial charge in [0.05, 0.1) is 12.2 Å². The van der Waals surface area contributed by atoms with Crippen LogP contribution >= 0.6 is 47.1 Å². The van der Waals surface area contributed by atoms with E-state index in [4.69, 9.17) is 0 Å². The molecule has 1 aromatic heterocycles. The van der Waals surface area contributed by atoms with Crippen LogP contribution in [0.3, 0.4) is 0 Å². The summed E-state index contributed by atoms with van der Waals surface area (Å²) in [6, 6.07) is 10.5. The summed E-state index contributed by atoms with van der Waals surface area (Å²) in [5.41, 5.74) is 1.16. The molecule has 0 amide bonds. The van der Waals surface area contributed by atoms with Crippen LogP contribution in [0, 0.1) is 0 Å². The zero-order valence-corrected chi connectivity index (χ0v) is 19.1. The fraction of sp³-hybridized carbons (Fsp3) is 0.444. The summed E-state index contributed by atoms with van der Waals surface area (Å²) < 4.78 is 0. The highest BCUT2D eigenvalue weighted by Crippen LogP contribution is 2.22. The number of halogens is 1. The van der Waals surface area contributed by atoms with E-state index in [9.17, 15) is 0 Å². The Labute approximate surface area is 176 Å². The van der Waals surface area contributed by atoms with Gasteiger partial charge in [-0.3, -0.25) is 4.99 Å². The van der Waals surface area contributed by atoms with Gasteiger partial charge in [-0.1, -0.05) is 39.0 Å². The third-order valence-corrected chi connectivity index (χ3v) is 5.41. The van der Waals surface area contributed by atoms with E-state index in [1.807, 2.05) is 17.8 Å². The molecule has 0 aliphatic heterocycles. The largest absolute Gasteiger partial charge is 0.355 e. The van der Waals surface area contributed by atoms with E-state index >= 15 is 0 Å². The standard InChI is InChI=1S/C18H26N4S2.HI/c1-13(2)16-12-23-17(22-16)11-21-18(19-4)20-10-14(3)24-15-8-6-5-7-9-15;/h5-9,12-14H,10-11H2,1-4H3,(H2,19,20,21);1H. The maximum Gasteiger partial charge on any atom is 0.191 e. The normalized spacial score (nSPS) is 12.6. The van der Waals surface area contributed by atoms with Crippen molar-refractivity contribution in [1.82, 2.24) is 15.6 Å². The highest BCUT2D eigenvalue weighted by atomic mass is 127. The van der Waals surface area contributed by atoms with Crippen LogP contribution in [0.15, 0.2) is 45.6 Å². The predicted molar refractivity (Wildman–Crippen MR) is 122 cm³/mol. The van der Waals surface area contributed by atoms with Crippen molar-refractivity contribution in [2.45, 2.75) is 43.4 Å². The Kier molecular flexibility index (Phi) is 10.4. The van der Waals surface area contributed by atoms with E-state index in [2.05, 4.69) is 71.0 Å². The number of aromatic nitrogens is 1. The van der Waals surface area contributed by atoms with Crippen LogP contribution < -0.4 is 10.6 Å². The summed E-state index contributed by atoms with van der Waals surface area (Å²) in [6.45, 7) is 8.11. The van der Waals surface area contributed by atoms with Crippen LogP contribution in [0.5, 0.6) is 0 Å². The smallest absolute Gasteiger partial charge is 0.191 e. The maximum absolute atomic E-state index is 4.64. The van der Waals surface area contributed by atoms with Gasteiger partial charge >= 0.3 is 0 Å². The van der Waals surface area contributed by atoms with Gasteiger partial charge in [-0.2, -0.15) is 0 Å². The number of hydrogen-bond acceptors (Lipinski definition) is 4. The van der Waals surface area contributed by atoms with Crippen molar-refractivity contribution in [2.75, 3.05) is 13.6 Å². The van der Waals surface area contributed by atoms with Crippen LogP contribution in [-0.4, -0.2) is 29.8 Å². The molecule has 25 heavy (non-hydrogen) atoms. The van der Waals surface area contributed by atoms with E-state index in [0.717, 1.165) is 23.2 Å². The minimum Gasteiger partial charge on any atom is -0.355 e. The Morgan fingerprint density at radius 1 is 1.20 bits per heavy atom. The number of thioether (sulfide) groups is 1. The zero-order chi connectivity index (χ0) is 17.4. The first-order valence-corrected chi connectivity index (χ1v) is 9.95. The van der Waals surface area contributed by atoms with E-state index in [-0.39, 0.29) is 24.0 Å². The number of benzene rings is 1. The van der Waals surface area contributed by atoms with Crippen LogP contribution in [0.2, 0.25) is 0 Å². The molecular formula is C18H27IN4S2. The van der Waals surface area contributed by atoms with Crippen molar-refractivity contribution in [3.63, 3.8) is 0 Å². The number of hydrogen-bond donors (Lipinski definition) is 2. The Bertz CT molecular complexity index is 644. The van der Waals surface area contributed by atoms with Gasteiger partial charge in [-0.05, 0) is 18.1 Å². The molecule has 0 spiro atoms. The lowest BCUT2D eigenvalue weighted by Crippen LogP contribution is -2.39. The average molecular weight is 490 g/mol. The molecule has 1 aromatic carbocycles. The molecule has 1 heterocycles. The van der Waals surface area contributed by atoms with Crippen molar-refractivity contribution in [1.29, 1.82) is 0 Å². The van der Waals surface area contributed by atoms with Gasteiger partial charge in [0.25, 0.3) is 0 Å². The number of rotatable bonds is 7.